The first-order chi connectivity index (χ1) is 9.72. The average Bonchev–Trinajstić information content (AvgIpc) is 3.17. The molecule has 0 aliphatic heterocycles. The second-order valence-electron chi connectivity index (χ2n) is 6.62. The number of benzene rings is 1. The van der Waals surface area contributed by atoms with E-state index in [0.717, 1.165) is 30.7 Å². The van der Waals surface area contributed by atoms with Crippen molar-refractivity contribution in [3.05, 3.63) is 35.1 Å². The molecule has 3 rings (SSSR count). The molecule has 3 unspecified atom stereocenters. The number of nitrogens with one attached hydrogen (secondary N) is 1. The smallest absolute Gasteiger partial charge is 0.123 e. The first-order valence-corrected chi connectivity index (χ1v) is 8.21. The van der Waals surface area contributed by atoms with E-state index in [-0.39, 0.29) is 5.82 Å². The zero-order chi connectivity index (χ0) is 14.1. The molecule has 3 atom stereocenters. The first kappa shape index (κ1) is 14.1. The standard InChI is InChI=1S/C18H26FN/c1-3-10-20-18(16-11-13(19)9-8-12(16)2)17-14-6-4-5-7-15(14)17/h8-9,11,14-15,17-18,20H,3-7,10H2,1-2H3. The second-order valence-corrected chi connectivity index (χ2v) is 6.62. The molecule has 0 bridgehead atoms. The second kappa shape index (κ2) is 5.85. The molecule has 20 heavy (non-hydrogen) atoms. The third-order valence-corrected chi connectivity index (χ3v) is 5.30. The number of halogens is 1. The van der Waals surface area contributed by atoms with E-state index in [4.69, 9.17) is 0 Å². The lowest BCUT2D eigenvalue weighted by Gasteiger charge is -2.22. The van der Waals surface area contributed by atoms with Gasteiger partial charge in [0.25, 0.3) is 0 Å². The minimum Gasteiger partial charge on any atom is -0.310 e. The Kier molecular flexibility index (Phi) is 4.11. The molecule has 1 N–H and O–H groups in total. The van der Waals surface area contributed by atoms with Crippen LogP contribution in [0, 0.1) is 30.5 Å². The Labute approximate surface area is 122 Å². The van der Waals surface area contributed by atoms with Crippen LogP contribution in [0.15, 0.2) is 18.2 Å². The summed E-state index contributed by atoms with van der Waals surface area (Å²) in [4.78, 5) is 0. The topological polar surface area (TPSA) is 12.0 Å². The fourth-order valence-corrected chi connectivity index (χ4v) is 4.24. The summed E-state index contributed by atoms with van der Waals surface area (Å²) in [5, 5.41) is 3.71. The van der Waals surface area contributed by atoms with Crippen molar-refractivity contribution in [2.75, 3.05) is 6.54 Å². The normalized spacial score (nSPS) is 29.9. The van der Waals surface area contributed by atoms with Gasteiger partial charge in [-0.15, -0.1) is 0 Å². The van der Waals surface area contributed by atoms with E-state index in [0.29, 0.717) is 6.04 Å². The maximum atomic E-state index is 13.7. The Morgan fingerprint density at radius 2 is 1.95 bits per heavy atom. The van der Waals surface area contributed by atoms with Gasteiger partial charge < -0.3 is 5.32 Å². The van der Waals surface area contributed by atoms with E-state index in [1.54, 1.807) is 12.1 Å². The summed E-state index contributed by atoms with van der Waals surface area (Å²) >= 11 is 0. The minimum atomic E-state index is -0.0995. The molecule has 0 radical (unpaired) electrons. The van der Waals surface area contributed by atoms with Crippen molar-refractivity contribution in [1.29, 1.82) is 0 Å². The van der Waals surface area contributed by atoms with Gasteiger partial charge in [0.1, 0.15) is 5.82 Å². The Balaban J connectivity index is 1.84. The molecule has 2 saturated carbocycles. The van der Waals surface area contributed by atoms with Crippen molar-refractivity contribution in [1.82, 2.24) is 5.32 Å². The van der Waals surface area contributed by atoms with Crippen LogP contribution in [-0.2, 0) is 0 Å². The van der Waals surface area contributed by atoms with Crippen molar-refractivity contribution in [2.45, 2.75) is 52.0 Å². The lowest BCUT2D eigenvalue weighted by atomic mass is 9.95. The van der Waals surface area contributed by atoms with Gasteiger partial charge in [0, 0.05) is 6.04 Å². The predicted molar refractivity (Wildman–Crippen MR) is 81.1 cm³/mol. The van der Waals surface area contributed by atoms with Gasteiger partial charge in [-0.25, -0.2) is 4.39 Å². The van der Waals surface area contributed by atoms with Crippen molar-refractivity contribution in [2.24, 2.45) is 17.8 Å². The van der Waals surface area contributed by atoms with E-state index in [1.807, 2.05) is 6.07 Å². The average molecular weight is 275 g/mol. The number of hydrogen-bond acceptors (Lipinski definition) is 1. The zero-order valence-corrected chi connectivity index (χ0v) is 12.7. The van der Waals surface area contributed by atoms with Crippen LogP contribution in [0.4, 0.5) is 4.39 Å². The number of fused-ring (bicyclic) bond motifs is 1. The van der Waals surface area contributed by atoms with E-state index < -0.39 is 0 Å². The van der Waals surface area contributed by atoms with Crippen LogP contribution < -0.4 is 5.32 Å². The molecule has 1 aromatic carbocycles. The van der Waals surface area contributed by atoms with Crippen LogP contribution in [0.2, 0.25) is 0 Å². The van der Waals surface area contributed by atoms with E-state index in [1.165, 1.54) is 36.8 Å². The highest BCUT2D eigenvalue weighted by atomic mass is 19.1. The van der Waals surface area contributed by atoms with Gasteiger partial charge in [-0.2, -0.15) is 0 Å². The van der Waals surface area contributed by atoms with Crippen molar-refractivity contribution < 1.29 is 4.39 Å². The molecule has 2 heteroatoms. The molecule has 2 aliphatic rings. The summed E-state index contributed by atoms with van der Waals surface area (Å²) in [5.41, 5.74) is 2.42. The quantitative estimate of drug-likeness (QED) is 0.827. The minimum absolute atomic E-state index is 0.0995. The third kappa shape index (κ3) is 2.63. The monoisotopic (exact) mass is 275 g/mol. The Morgan fingerprint density at radius 1 is 1.25 bits per heavy atom. The first-order valence-electron chi connectivity index (χ1n) is 8.21. The van der Waals surface area contributed by atoms with Gasteiger partial charge in [-0.1, -0.05) is 25.8 Å². The summed E-state index contributed by atoms with van der Waals surface area (Å²) in [6, 6.07) is 5.62. The summed E-state index contributed by atoms with van der Waals surface area (Å²) in [6.07, 6.45) is 6.68. The molecule has 0 heterocycles. The van der Waals surface area contributed by atoms with Crippen molar-refractivity contribution in [3.8, 4) is 0 Å². The fourth-order valence-electron chi connectivity index (χ4n) is 4.24. The van der Waals surface area contributed by atoms with E-state index in [9.17, 15) is 4.39 Å². The highest BCUT2D eigenvalue weighted by Crippen LogP contribution is 2.60. The largest absolute Gasteiger partial charge is 0.310 e. The molecular formula is C18H26FN. The zero-order valence-electron chi connectivity index (χ0n) is 12.7. The predicted octanol–water partition coefficient (Wildman–Crippen LogP) is 4.61. The van der Waals surface area contributed by atoms with Gasteiger partial charge in [-0.05, 0) is 73.7 Å². The lowest BCUT2D eigenvalue weighted by molar-refractivity contribution is 0.441. The highest BCUT2D eigenvalue weighted by Gasteiger charge is 2.54. The molecular weight excluding hydrogens is 249 g/mol. The molecule has 2 aliphatic carbocycles. The Bertz CT molecular complexity index is 458. The molecule has 110 valence electrons. The SMILES string of the molecule is CCCNC(c1cc(F)ccc1C)C1C2CCCCC21. The molecule has 1 aromatic rings. The molecule has 0 saturated heterocycles. The van der Waals surface area contributed by atoms with E-state index in [2.05, 4.69) is 19.2 Å². The third-order valence-electron chi connectivity index (χ3n) is 5.30. The number of rotatable bonds is 5. The van der Waals surface area contributed by atoms with E-state index >= 15 is 0 Å². The van der Waals surface area contributed by atoms with Gasteiger partial charge >= 0.3 is 0 Å². The van der Waals surface area contributed by atoms with Crippen molar-refractivity contribution in [3.63, 3.8) is 0 Å². The summed E-state index contributed by atoms with van der Waals surface area (Å²) in [7, 11) is 0. The molecule has 0 aromatic heterocycles. The van der Waals surface area contributed by atoms with Crippen LogP contribution in [0.5, 0.6) is 0 Å². The maximum Gasteiger partial charge on any atom is 0.123 e. The highest BCUT2D eigenvalue weighted by molar-refractivity contribution is 5.32. The van der Waals surface area contributed by atoms with Crippen LogP contribution >= 0.6 is 0 Å². The Hall–Kier alpha value is -0.890. The van der Waals surface area contributed by atoms with Crippen molar-refractivity contribution >= 4 is 0 Å². The van der Waals surface area contributed by atoms with Gasteiger partial charge in [0.2, 0.25) is 0 Å². The molecule has 1 nitrogen and oxygen atoms in total. The summed E-state index contributed by atoms with van der Waals surface area (Å²) < 4.78 is 13.7. The lowest BCUT2D eigenvalue weighted by Crippen LogP contribution is -2.25. The van der Waals surface area contributed by atoms with Crippen LogP contribution in [-0.4, -0.2) is 6.54 Å². The molecule has 0 spiro atoms. The maximum absolute atomic E-state index is 13.7. The molecule has 2 fully saturated rings. The van der Waals surface area contributed by atoms with Crippen LogP contribution in [0.1, 0.15) is 56.2 Å². The van der Waals surface area contributed by atoms with Gasteiger partial charge in [-0.3, -0.25) is 0 Å². The fraction of sp³-hybridized carbons (Fsp3) is 0.667. The molecule has 0 amide bonds. The number of hydrogen-bond donors (Lipinski definition) is 1. The summed E-state index contributed by atoms with van der Waals surface area (Å²) in [6.45, 7) is 5.33. The summed E-state index contributed by atoms with van der Waals surface area (Å²) in [5.74, 6) is 2.42. The van der Waals surface area contributed by atoms with Crippen LogP contribution in [0.3, 0.4) is 0 Å². The van der Waals surface area contributed by atoms with Gasteiger partial charge in [0.05, 0.1) is 0 Å². The van der Waals surface area contributed by atoms with Gasteiger partial charge in [0.15, 0.2) is 0 Å². The Morgan fingerprint density at radius 3 is 2.60 bits per heavy atom. The number of aryl methyl sites for hydroxylation is 1. The van der Waals surface area contributed by atoms with Crippen LogP contribution in [0.25, 0.3) is 0 Å².